The summed E-state index contributed by atoms with van der Waals surface area (Å²) in [6, 6.07) is 0. The largest absolute Gasteiger partial charge is 0.462 e. The van der Waals surface area contributed by atoms with E-state index >= 15 is 0 Å². The van der Waals surface area contributed by atoms with Crippen molar-refractivity contribution in [2.45, 2.75) is 84.7 Å². The molecule has 4 aliphatic carbocycles. The highest BCUT2D eigenvalue weighted by Gasteiger charge is 2.60. The van der Waals surface area contributed by atoms with Crippen LogP contribution in [0.4, 0.5) is 0 Å². The maximum atomic E-state index is 12.0. The molecule has 24 heavy (non-hydrogen) atoms. The molecular formula is C21H32O3. The summed E-state index contributed by atoms with van der Waals surface area (Å²) in [5.41, 5.74) is 0.554. The van der Waals surface area contributed by atoms with Crippen molar-refractivity contribution in [3.63, 3.8) is 0 Å². The van der Waals surface area contributed by atoms with Crippen LogP contribution >= 0.6 is 0 Å². The number of fused-ring (bicyclic) bond motifs is 5. The SMILES string of the molecule is CC(=O)O[C@H]1CC[C@@H]2[C@@H]3CC[C@H]4CC(=O)CC[C@]4(C)[C@H]3CC[C@]12C. The van der Waals surface area contributed by atoms with Crippen molar-refractivity contribution in [1.29, 1.82) is 0 Å². The molecule has 4 fully saturated rings. The Labute approximate surface area is 145 Å². The van der Waals surface area contributed by atoms with Gasteiger partial charge in [-0.25, -0.2) is 0 Å². The van der Waals surface area contributed by atoms with Crippen molar-refractivity contribution in [3.05, 3.63) is 0 Å². The summed E-state index contributed by atoms with van der Waals surface area (Å²) in [6.07, 6.45) is 10.1. The lowest BCUT2D eigenvalue weighted by molar-refractivity contribution is -0.162. The highest BCUT2D eigenvalue weighted by atomic mass is 16.5. The van der Waals surface area contributed by atoms with Crippen LogP contribution in [-0.4, -0.2) is 17.9 Å². The predicted octanol–water partition coefficient (Wildman–Crippen LogP) is 4.53. The number of ether oxygens (including phenoxy) is 1. The molecule has 0 heterocycles. The van der Waals surface area contributed by atoms with E-state index in [2.05, 4.69) is 13.8 Å². The van der Waals surface area contributed by atoms with Gasteiger partial charge in [0.25, 0.3) is 0 Å². The first kappa shape index (κ1) is 16.6. The smallest absolute Gasteiger partial charge is 0.302 e. The lowest BCUT2D eigenvalue weighted by Crippen LogP contribution is -2.54. The number of rotatable bonds is 1. The van der Waals surface area contributed by atoms with Gasteiger partial charge in [0, 0.05) is 25.2 Å². The molecule has 3 heteroatoms. The second-order valence-corrected chi connectivity index (χ2v) is 9.62. The normalized spacial score (nSPS) is 50.6. The van der Waals surface area contributed by atoms with E-state index in [9.17, 15) is 9.59 Å². The van der Waals surface area contributed by atoms with E-state index in [-0.39, 0.29) is 17.5 Å². The van der Waals surface area contributed by atoms with Gasteiger partial charge in [0.05, 0.1) is 0 Å². The molecule has 0 aromatic rings. The standard InChI is InChI=1S/C21H32O3/c1-13(22)24-19-7-6-17-16-5-4-14-12-15(23)8-10-20(14,2)18(16)9-11-21(17,19)3/h14,16-19H,4-12H2,1-3H3/t14-,16-,17+,18-,19-,20-,21-/m0/s1. The molecule has 3 nitrogen and oxygen atoms in total. The van der Waals surface area contributed by atoms with Crippen molar-refractivity contribution >= 4 is 11.8 Å². The molecule has 7 atom stereocenters. The third-order valence-corrected chi connectivity index (χ3v) is 8.70. The zero-order valence-corrected chi connectivity index (χ0v) is 15.5. The van der Waals surface area contributed by atoms with Crippen LogP contribution in [-0.2, 0) is 14.3 Å². The van der Waals surface area contributed by atoms with Gasteiger partial charge in [-0.05, 0) is 74.0 Å². The molecule has 0 unspecified atom stereocenters. The molecule has 4 rings (SSSR count). The van der Waals surface area contributed by atoms with Gasteiger partial charge >= 0.3 is 5.97 Å². The van der Waals surface area contributed by atoms with E-state index < -0.39 is 0 Å². The van der Waals surface area contributed by atoms with Gasteiger partial charge in [-0.2, -0.15) is 0 Å². The molecule has 0 aliphatic heterocycles. The van der Waals surface area contributed by atoms with Gasteiger partial charge in [0.15, 0.2) is 0 Å². The Morgan fingerprint density at radius 1 is 1.00 bits per heavy atom. The molecule has 0 aromatic heterocycles. The van der Waals surface area contributed by atoms with Crippen molar-refractivity contribution in [2.75, 3.05) is 0 Å². The van der Waals surface area contributed by atoms with E-state index in [0.29, 0.717) is 23.0 Å². The Kier molecular flexibility index (Phi) is 3.85. The zero-order chi connectivity index (χ0) is 17.1. The van der Waals surface area contributed by atoms with E-state index in [4.69, 9.17) is 4.74 Å². The monoisotopic (exact) mass is 332 g/mol. The van der Waals surface area contributed by atoms with Gasteiger partial charge < -0.3 is 4.74 Å². The summed E-state index contributed by atoms with van der Waals surface area (Å²) in [7, 11) is 0. The molecule has 0 radical (unpaired) electrons. The van der Waals surface area contributed by atoms with Crippen LogP contribution < -0.4 is 0 Å². The lowest BCUT2D eigenvalue weighted by Gasteiger charge is -2.60. The first-order chi connectivity index (χ1) is 11.3. The highest BCUT2D eigenvalue weighted by molar-refractivity contribution is 5.79. The van der Waals surface area contributed by atoms with Crippen molar-refractivity contribution in [1.82, 2.24) is 0 Å². The number of ketones is 1. The predicted molar refractivity (Wildman–Crippen MR) is 92.3 cm³/mol. The topological polar surface area (TPSA) is 43.4 Å². The minimum Gasteiger partial charge on any atom is -0.462 e. The first-order valence-electron chi connectivity index (χ1n) is 10.0. The van der Waals surface area contributed by atoms with E-state index in [0.717, 1.165) is 37.5 Å². The lowest BCUT2D eigenvalue weighted by atomic mass is 9.45. The van der Waals surface area contributed by atoms with Crippen LogP contribution in [0.5, 0.6) is 0 Å². The zero-order valence-electron chi connectivity index (χ0n) is 15.5. The van der Waals surface area contributed by atoms with Crippen molar-refractivity contribution < 1.29 is 14.3 Å². The molecule has 0 bridgehead atoms. The fourth-order valence-corrected chi connectivity index (χ4v) is 7.39. The third-order valence-electron chi connectivity index (χ3n) is 8.70. The molecule has 0 spiro atoms. The van der Waals surface area contributed by atoms with Crippen molar-refractivity contribution in [2.24, 2.45) is 34.5 Å². The molecule has 4 aliphatic rings. The summed E-state index contributed by atoms with van der Waals surface area (Å²) in [5, 5.41) is 0. The number of esters is 1. The molecule has 0 saturated heterocycles. The summed E-state index contributed by atoms with van der Waals surface area (Å²) in [6.45, 7) is 6.42. The van der Waals surface area contributed by atoms with Gasteiger partial charge in [0.2, 0.25) is 0 Å². The Balaban J connectivity index is 1.58. The Hall–Kier alpha value is -0.860. The van der Waals surface area contributed by atoms with E-state index in [1.165, 1.54) is 32.1 Å². The number of carbonyl (C=O) groups is 2. The summed E-state index contributed by atoms with van der Waals surface area (Å²) < 4.78 is 5.73. The van der Waals surface area contributed by atoms with E-state index in [1.807, 2.05) is 0 Å². The quantitative estimate of drug-likeness (QED) is 0.663. The molecule has 0 amide bonds. The molecular weight excluding hydrogens is 300 g/mol. The minimum atomic E-state index is -0.120. The van der Waals surface area contributed by atoms with Crippen LogP contribution in [0.15, 0.2) is 0 Å². The number of hydrogen-bond acceptors (Lipinski definition) is 3. The Bertz CT molecular complexity index is 555. The van der Waals surface area contributed by atoms with Crippen LogP contribution in [0.2, 0.25) is 0 Å². The average Bonchev–Trinajstić information content (AvgIpc) is 2.84. The summed E-state index contributed by atoms with van der Waals surface area (Å²) in [5.74, 6) is 3.25. The Morgan fingerprint density at radius 3 is 2.50 bits per heavy atom. The minimum absolute atomic E-state index is 0.120. The highest BCUT2D eigenvalue weighted by Crippen LogP contribution is 2.66. The fraction of sp³-hybridized carbons (Fsp3) is 0.905. The summed E-state index contributed by atoms with van der Waals surface area (Å²) in [4.78, 5) is 23.5. The van der Waals surface area contributed by atoms with Gasteiger partial charge in [0.1, 0.15) is 11.9 Å². The second kappa shape index (κ2) is 5.57. The van der Waals surface area contributed by atoms with Gasteiger partial charge in [-0.15, -0.1) is 0 Å². The number of hydrogen-bond donors (Lipinski definition) is 0. The molecule has 4 saturated carbocycles. The average molecular weight is 332 g/mol. The van der Waals surface area contributed by atoms with Crippen LogP contribution in [0, 0.1) is 34.5 Å². The van der Waals surface area contributed by atoms with Crippen LogP contribution in [0.25, 0.3) is 0 Å². The fourth-order valence-electron chi connectivity index (χ4n) is 7.39. The molecule has 0 aromatic carbocycles. The maximum Gasteiger partial charge on any atom is 0.302 e. The Morgan fingerprint density at radius 2 is 1.75 bits per heavy atom. The third kappa shape index (κ3) is 2.29. The maximum absolute atomic E-state index is 12.0. The van der Waals surface area contributed by atoms with Gasteiger partial charge in [-0.1, -0.05) is 13.8 Å². The molecule has 0 N–H and O–H groups in total. The second-order valence-electron chi connectivity index (χ2n) is 9.62. The number of Topliss-reactive ketones (excluding diaryl/α,β-unsaturated/α-hetero) is 1. The first-order valence-corrected chi connectivity index (χ1v) is 10.0. The summed E-state index contributed by atoms with van der Waals surface area (Å²) >= 11 is 0. The van der Waals surface area contributed by atoms with Gasteiger partial charge in [-0.3, -0.25) is 9.59 Å². The van der Waals surface area contributed by atoms with Crippen LogP contribution in [0.1, 0.15) is 78.6 Å². The van der Waals surface area contributed by atoms with Crippen LogP contribution in [0.3, 0.4) is 0 Å². The van der Waals surface area contributed by atoms with E-state index in [1.54, 1.807) is 6.92 Å². The van der Waals surface area contributed by atoms with Crippen molar-refractivity contribution in [3.8, 4) is 0 Å². The number of carbonyl (C=O) groups excluding carboxylic acids is 2. The molecule has 134 valence electrons.